The van der Waals surface area contributed by atoms with Crippen LogP contribution in [0.3, 0.4) is 0 Å². The van der Waals surface area contributed by atoms with Crippen LogP contribution in [0.15, 0.2) is 42.5 Å². The molecular formula is C15H14F2N. The second-order valence-electron chi connectivity index (χ2n) is 4.03. The van der Waals surface area contributed by atoms with Crippen LogP contribution < -0.4 is 5.32 Å². The summed E-state index contributed by atoms with van der Waals surface area (Å²) in [5.41, 5.74) is 1.44. The third kappa shape index (κ3) is 3.29. The molecule has 3 heteroatoms. The first-order valence-electron chi connectivity index (χ1n) is 5.90. The Morgan fingerprint density at radius 1 is 1.06 bits per heavy atom. The summed E-state index contributed by atoms with van der Waals surface area (Å²) in [6.45, 7) is 0.722. The third-order valence-electron chi connectivity index (χ3n) is 2.70. The zero-order chi connectivity index (χ0) is 12.8. The molecule has 0 aliphatic heterocycles. The van der Waals surface area contributed by atoms with E-state index in [2.05, 4.69) is 11.4 Å². The first-order chi connectivity index (χ1) is 8.77. The van der Waals surface area contributed by atoms with Crippen molar-refractivity contribution in [1.29, 1.82) is 0 Å². The molecule has 1 nitrogen and oxygen atoms in total. The smallest absolute Gasteiger partial charge is 0.162 e. The van der Waals surface area contributed by atoms with Crippen LogP contribution in [0.1, 0.15) is 12.0 Å². The summed E-state index contributed by atoms with van der Waals surface area (Å²) in [5, 5.41) is 3.21. The number of aryl methyl sites for hydroxylation is 1. The first-order valence-corrected chi connectivity index (χ1v) is 5.90. The average Bonchev–Trinajstić information content (AvgIpc) is 2.40. The predicted molar refractivity (Wildman–Crippen MR) is 68.4 cm³/mol. The van der Waals surface area contributed by atoms with E-state index in [1.807, 2.05) is 24.3 Å². The van der Waals surface area contributed by atoms with Gasteiger partial charge in [0.2, 0.25) is 0 Å². The molecule has 0 saturated carbocycles. The molecule has 0 heterocycles. The summed E-state index contributed by atoms with van der Waals surface area (Å²) >= 11 is 0. The lowest BCUT2D eigenvalue weighted by Crippen LogP contribution is -2.04. The van der Waals surface area contributed by atoms with Gasteiger partial charge >= 0.3 is 0 Å². The molecule has 0 saturated heterocycles. The molecule has 0 atom stereocenters. The molecule has 0 fully saturated rings. The van der Waals surface area contributed by atoms with Crippen LogP contribution in [0.5, 0.6) is 0 Å². The Morgan fingerprint density at radius 2 is 1.83 bits per heavy atom. The predicted octanol–water partition coefficient (Wildman–Crippen LogP) is 3.81. The topological polar surface area (TPSA) is 12.0 Å². The Balaban J connectivity index is 1.81. The standard InChI is InChI=1S/C15H14F2N/c16-14-10-4-6-12(15(14)17)7-5-11-18-13-8-2-1-3-9-13/h2-4,6,8-10,18H,5,7,11H2. The number of benzene rings is 2. The molecule has 0 spiro atoms. The van der Waals surface area contributed by atoms with Gasteiger partial charge in [0.1, 0.15) is 0 Å². The fourth-order valence-electron chi connectivity index (χ4n) is 1.76. The van der Waals surface area contributed by atoms with Crippen molar-refractivity contribution in [1.82, 2.24) is 0 Å². The molecule has 0 aliphatic carbocycles. The van der Waals surface area contributed by atoms with Gasteiger partial charge in [0.25, 0.3) is 0 Å². The molecule has 0 aliphatic rings. The minimum absolute atomic E-state index is 0.429. The highest BCUT2D eigenvalue weighted by atomic mass is 19.2. The van der Waals surface area contributed by atoms with Crippen molar-refractivity contribution in [3.63, 3.8) is 0 Å². The molecule has 0 bridgehead atoms. The molecule has 0 aromatic heterocycles. The van der Waals surface area contributed by atoms with Crippen LogP contribution in [0.2, 0.25) is 0 Å². The van der Waals surface area contributed by atoms with Gasteiger partial charge in [-0.05, 0) is 42.7 Å². The maximum atomic E-state index is 13.4. The molecule has 2 aromatic carbocycles. The Labute approximate surface area is 105 Å². The van der Waals surface area contributed by atoms with Crippen molar-refractivity contribution in [2.45, 2.75) is 12.8 Å². The van der Waals surface area contributed by atoms with E-state index < -0.39 is 11.6 Å². The second kappa shape index (κ2) is 6.15. The highest BCUT2D eigenvalue weighted by Gasteiger charge is 2.06. The number of rotatable bonds is 5. The van der Waals surface area contributed by atoms with E-state index in [1.165, 1.54) is 6.07 Å². The average molecular weight is 246 g/mol. The van der Waals surface area contributed by atoms with Gasteiger partial charge in [0.15, 0.2) is 11.6 Å². The normalized spacial score (nSPS) is 10.3. The van der Waals surface area contributed by atoms with Gasteiger partial charge in [0, 0.05) is 12.2 Å². The second-order valence-corrected chi connectivity index (χ2v) is 4.03. The SMILES string of the molecule is Fc1cccc(CCCNc2cc[c]cc2)c1F. The van der Waals surface area contributed by atoms with E-state index in [4.69, 9.17) is 0 Å². The maximum Gasteiger partial charge on any atom is 0.162 e. The largest absolute Gasteiger partial charge is 0.385 e. The molecule has 0 amide bonds. The van der Waals surface area contributed by atoms with Gasteiger partial charge in [-0.2, -0.15) is 0 Å². The van der Waals surface area contributed by atoms with Crippen molar-refractivity contribution in [3.05, 3.63) is 65.7 Å². The number of hydrogen-bond acceptors (Lipinski definition) is 1. The highest BCUT2D eigenvalue weighted by Crippen LogP contribution is 2.13. The number of hydrogen-bond donors (Lipinski definition) is 1. The summed E-state index contributed by atoms with van der Waals surface area (Å²) in [6, 6.07) is 14.7. The molecule has 2 rings (SSSR count). The zero-order valence-electron chi connectivity index (χ0n) is 9.92. The fourth-order valence-corrected chi connectivity index (χ4v) is 1.76. The quantitative estimate of drug-likeness (QED) is 0.791. The highest BCUT2D eigenvalue weighted by molar-refractivity contribution is 5.41. The van der Waals surface area contributed by atoms with Crippen molar-refractivity contribution in [2.75, 3.05) is 11.9 Å². The van der Waals surface area contributed by atoms with Gasteiger partial charge < -0.3 is 5.32 Å². The van der Waals surface area contributed by atoms with E-state index in [9.17, 15) is 8.78 Å². The van der Waals surface area contributed by atoms with E-state index in [0.29, 0.717) is 12.0 Å². The first kappa shape index (κ1) is 12.6. The number of halogens is 2. The lowest BCUT2D eigenvalue weighted by molar-refractivity contribution is 0.497. The number of anilines is 1. The van der Waals surface area contributed by atoms with Crippen LogP contribution >= 0.6 is 0 Å². The molecule has 93 valence electrons. The van der Waals surface area contributed by atoms with Crippen molar-refractivity contribution in [3.8, 4) is 0 Å². The van der Waals surface area contributed by atoms with Crippen molar-refractivity contribution >= 4 is 5.69 Å². The monoisotopic (exact) mass is 246 g/mol. The summed E-state index contributed by atoms with van der Waals surface area (Å²) < 4.78 is 26.3. The summed E-state index contributed by atoms with van der Waals surface area (Å²) in [6.07, 6.45) is 1.27. The summed E-state index contributed by atoms with van der Waals surface area (Å²) in [5.74, 6) is -1.51. The van der Waals surface area contributed by atoms with Gasteiger partial charge in [0.05, 0.1) is 0 Å². The third-order valence-corrected chi connectivity index (χ3v) is 2.70. The van der Waals surface area contributed by atoms with Crippen LogP contribution in [-0.2, 0) is 6.42 Å². The van der Waals surface area contributed by atoms with Gasteiger partial charge in [-0.3, -0.25) is 0 Å². The molecule has 1 radical (unpaired) electrons. The Hall–Kier alpha value is -1.90. The summed E-state index contributed by atoms with van der Waals surface area (Å²) in [7, 11) is 0. The van der Waals surface area contributed by atoms with E-state index in [0.717, 1.165) is 24.7 Å². The Morgan fingerprint density at radius 3 is 2.61 bits per heavy atom. The van der Waals surface area contributed by atoms with E-state index in [1.54, 1.807) is 6.07 Å². The van der Waals surface area contributed by atoms with Gasteiger partial charge in [-0.1, -0.05) is 24.3 Å². The maximum absolute atomic E-state index is 13.4. The van der Waals surface area contributed by atoms with Crippen LogP contribution in [0.25, 0.3) is 0 Å². The van der Waals surface area contributed by atoms with Gasteiger partial charge in [-0.15, -0.1) is 0 Å². The summed E-state index contributed by atoms with van der Waals surface area (Å²) in [4.78, 5) is 0. The lowest BCUT2D eigenvalue weighted by atomic mass is 10.1. The van der Waals surface area contributed by atoms with E-state index >= 15 is 0 Å². The number of nitrogens with one attached hydrogen (secondary N) is 1. The van der Waals surface area contributed by atoms with Crippen LogP contribution in [-0.4, -0.2) is 6.54 Å². The Bertz CT molecular complexity index is 497. The minimum Gasteiger partial charge on any atom is -0.385 e. The molecule has 18 heavy (non-hydrogen) atoms. The fraction of sp³-hybridized carbons (Fsp3) is 0.200. The minimum atomic E-state index is -0.779. The molecule has 1 N–H and O–H groups in total. The molecule has 2 aromatic rings. The Kier molecular flexibility index (Phi) is 4.29. The van der Waals surface area contributed by atoms with Crippen LogP contribution in [0.4, 0.5) is 14.5 Å². The van der Waals surface area contributed by atoms with E-state index in [-0.39, 0.29) is 0 Å². The molecule has 0 unspecified atom stereocenters. The van der Waals surface area contributed by atoms with Crippen LogP contribution in [0, 0.1) is 17.7 Å². The van der Waals surface area contributed by atoms with Crippen molar-refractivity contribution in [2.24, 2.45) is 0 Å². The lowest BCUT2D eigenvalue weighted by Gasteiger charge is -2.07. The van der Waals surface area contributed by atoms with Gasteiger partial charge in [-0.25, -0.2) is 8.78 Å². The van der Waals surface area contributed by atoms with Crippen molar-refractivity contribution < 1.29 is 8.78 Å². The zero-order valence-corrected chi connectivity index (χ0v) is 9.92. The molecular weight excluding hydrogens is 232 g/mol.